The first kappa shape index (κ1) is 18.0. The first-order valence-corrected chi connectivity index (χ1v) is 9.20. The van der Waals surface area contributed by atoms with Crippen molar-refractivity contribution in [3.63, 3.8) is 0 Å². The summed E-state index contributed by atoms with van der Waals surface area (Å²) in [5.74, 6) is 0. The van der Waals surface area contributed by atoms with Crippen LogP contribution in [0.25, 0.3) is 0 Å². The molecular formula is C19H38O. The first-order valence-electron chi connectivity index (χ1n) is 9.20. The second-order valence-corrected chi connectivity index (χ2v) is 8.00. The van der Waals surface area contributed by atoms with Crippen LogP contribution in [0, 0.1) is 5.41 Å². The average molecular weight is 283 g/mol. The lowest BCUT2D eigenvalue weighted by atomic mass is 9.87. The van der Waals surface area contributed by atoms with Gasteiger partial charge in [-0.3, -0.25) is 0 Å². The summed E-state index contributed by atoms with van der Waals surface area (Å²) in [5, 5.41) is 10.6. The SMILES string of the molecule is CCCCCCCCCCCCC1(O)CCC(C)(C)C1. The molecular weight excluding hydrogens is 244 g/mol. The lowest BCUT2D eigenvalue weighted by Crippen LogP contribution is -2.25. The molecule has 0 bridgehead atoms. The van der Waals surface area contributed by atoms with Crippen molar-refractivity contribution in [3.05, 3.63) is 0 Å². The lowest BCUT2D eigenvalue weighted by molar-refractivity contribution is 0.0264. The zero-order chi connectivity index (χ0) is 14.9. The largest absolute Gasteiger partial charge is 0.390 e. The molecule has 0 aromatic rings. The monoisotopic (exact) mass is 282 g/mol. The van der Waals surface area contributed by atoms with Crippen molar-refractivity contribution in [2.75, 3.05) is 0 Å². The number of aliphatic hydroxyl groups is 1. The topological polar surface area (TPSA) is 20.2 Å². The molecule has 0 aromatic carbocycles. The van der Waals surface area contributed by atoms with Crippen molar-refractivity contribution in [2.24, 2.45) is 5.41 Å². The van der Waals surface area contributed by atoms with Crippen LogP contribution in [-0.2, 0) is 0 Å². The Hall–Kier alpha value is -0.0400. The second kappa shape index (κ2) is 9.07. The molecule has 0 aromatic heterocycles. The van der Waals surface area contributed by atoms with E-state index in [1.165, 1.54) is 70.6 Å². The Kier molecular flexibility index (Phi) is 8.17. The molecule has 1 aliphatic carbocycles. The lowest BCUT2D eigenvalue weighted by Gasteiger charge is -2.25. The molecule has 1 aliphatic rings. The Morgan fingerprint density at radius 2 is 1.25 bits per heavy atom. The third kappa shape index (κ3) is 7.67. The van der Waals surface area contributed by atoms with Crippen molar-refractivity contribution in [2.45, 2.75) is 116 Å². The number of hydrogen-bond acceptors (Lipinski definition) is 1. The van der Waals surface area contributed by atoms with E-state index in [0.29, 0.717) is 5.41 Å². The highest BCUT2D eigenvalue weighted by Crippen LogP contribution is 2.45. The molecule has 1 heteroatoms. The minimum Gasteiger partial charge on any atom is -0.390 e. The summed E-state index contributed by atoms with van der Waals surface area (Å²) in [7, 11) is 0. The van der Waals surface area contributed by atoms with Gasteiger partial charge in [0, 0.05) is 0 Å². The molecule has 1 nitrogen and oxygen atoms in total. The summed E-state index contributed by atoms with van der Waals surface area (Å²) in [5.41, 5.74) is 0.0386. The molecule has 1 atom stereocenters. The van der Waals surface area contributed by atoms with E-state index in [9.17, 15) is 5.11 Å². The molecule has 0 saturated heterocycles. The third-order valence-electron chi connectivity index (χ3n) is 5.07. The van der Waals surface area contributed by atoms with Gasteiger partial charge >= 0.3 is 0 Å². The van der Waals surface area contributed by atoms with E-state index in [4.69, 9.17) is 0 Å². The Morgan fingerprint density at radius 1 is 0.750 bits per heavy atom. The van der Waals surface area contributed by atoms with Crippen molar-refractivity contribution in [3.8, 4) is 0 Å². The molecule has 1 unspecified atom stereocenters. The fourth-order valence-electron chi connectivity index (χ4n) is 3.79. The van der Waals surface area contributed by atoms with E-state index in [2.05, 4.69) is 20.8 Å². The van der Waals surface area contributed by atoms with E-state index < -0.39 is 0 Å². The smallest absolute Gasteiger partial charge is 0.0653 e. The minimum atomic E-state index is -0.330. The zero-order valence-corrected chi connectivity index (χ0v) is 14.3. The van der Waals surface area contributed by atoms with E-state index in [1.54, 1.807) is 0 Å². The van der Waals surface area contributed by atoms with Crippen molar-refractivity contribution < 1.29 is 5.11 Å². The molecule has 1 rings (SSSR count). The van der Waals surface area contributed by atoms with Gasteiger partial charge < -0.3 is 5.11 Å². The fourth-order valence-corrected chi connectivity index (χ4v) is 3.79. The van der Waals surface area contributed by atoms with Gasteiger partial charge in [0.15, 0.2) is 0 Å². The molecule has 0 amide bonds. The van der Waals surface area contributed by atoms with Gasteiger partial charge in [-0.2, -0.15) is 0 Å². The van der Waals surface area contributed by atoms with Gasteiger partial charge in [-0.05, 0) is 31.1 Å². The fraction of sp³-hybridized carbons (Fsp3) is 1.00. The molecule has 1 N–H and O–H groups in total. The van der Waals surface area contributed by atoms with E-state index in [-0.39, 0.29) is 5.60 Å². The third-order valence-corrected chi connectivity index (χ3v) is 5.07. The number of unbranched alkanes of at least 4 members (excludes halogenated alkanes) is 9. The summed E-state index contributed by atoms with van der Waals surface area (Å²) in [6.07, 6.45) is 18.0. The summed E-state index contributed by atoms with van der Waals surface area (Å²) in [4.78, 5) is 0. The van der Waals surface area contributed by atoms with Crippen molar-refractivity contribution in [1.29, 1.82) is 0 Å². The van der Waals surface area contributed by atoms with Crippen LogP contribution in [0.15, 0.2) is 0 Å². The van der Waals surface area contributed by atoms with Crippen LogP contribution in [0.4, 0.5) is 0 Å². The number of rotatable bonds is 11. The van der Waals surface area contributed by atoms with Gasteiger partial charge in [0.1, 0.15) is 0 Å². The summed E-state index contributed by atoms with van der Waals surface area (Å²) >= 11 is 0. The Balaban J connectivity index is 1.90. The molecule has 1 fully saturated rings. The Labute approximate surface area is 127 Å². The highest BCUT2D eigenvalue weighted by atomic mass is 16.3. The van der Waals surface area contributed by atoms with Crippen LogP contribution in [0.2, 0.25) is 0 Å². The van der Waals surface area contributed by atoms with E-state index in [1.807, 2.05) is 0 Å². The summed E-state index contributed by atoms with van der Waals surface area (Å²) in [6, 6.07) is 0. The average Bonchev–Trinajstić information content (AvgIpc) is 2.66. The predicted octanol–water partition coefficient (Wildman–Crippen LogP) is 6.24. The quantitative estimate of drug-likeness (QED) is 0.445. The maximum atomic E-state index is 10.6. The summed E-state index contributed by atoms with van der Waals surface area (Å²) < 4.78 is 0. The van der Waals surface area contributed by atoms with Crippen molar-refractivity contribution in [1.82, 2.24) is 0 Å². The highest BCUT2D eigenvalue weighted by molar-refractivity contribution is 4.93. The Morgan fingerprint density at radius 3 is 1.70 bits per heavy atom. The van der Waals surface area contributed by atoms with Gasteiger partial charge in [0.2, 0.25) is 0 Å². The van der Waals surface area contributed by atoms with Crippen LogP contribution in [0.5, 0.6) is 0 Å². The first-order chi connectivity index (χ1) is 9.47. The molecule has 0 aliphatic heterocycles. The van der Waals surface area contributed by atoms with Crippen LogP contribution in [0.1, 0.15) is 111 Å². The van der Waals surface area contributed by atoms with E-state index in [0.717, 1.165) is 19.3 Å². The van der Waals surface area contributed by atoms with Crippen LogP contribution < -0.4 is 0 Å². The molecule has 0 radical (unpaired) electrons. The zero-order valence-electron chi connectivity index (χ0n) is 14.3. The normalized spacial score (nSPS) is 25.2. The van der Waals surface area contributed by atoms with Gasteiger partial charge in [0.25, 0.3) is 0 Å². The van der Waals surface area contributed by atoms with Gasteiger partial charge in [-0.1, -0.05) is 85.0 Å². The molecule has 0 spiro atoms. The van der Waals surface area contributed by atoms with E-state index >= 15 is 0 Å². The molecule has 1 saturated carbocycles. The van der Waals surface area contributed by atoms with Gasteiger partial charge in [0.05, 0.1) is 5.60 Å². The summed E-state index contributed by atoms with van der Waals surface area (Å²) in [6.45, 7) is 6.87. The minimum absolute atomic E-state index is 0.330. The Bertz CT molecular complexity index is 246. The maximum Gasteiger partial charge on any atom is 0.0653 e. The van der Waals surface area contributed by atoms with Gasteiger partial charge in [-0.25, -0.2) is 0 Å². The molecule has 0 heterocycles. The standard InChI is InChI=1S/C19H38O/c1-4-5-6-7-8-9-10-11-12-13-14-19(20)16-15-18(2,3)17-19/h20H,4-17H2,1-3H3. The second-order valence-electron chi connectivity index (χ2n) is 8.00. The number of hydrogen-bond donors (Lipinski definition) is 1. The van der Waals surface area contributed by atoms with Gasteiger partial charge in [-0.15, -0.1) is 0 Å². The highest BCUT2D eigenvalue weighted by Gasteiger charge is 2.40. The predicted molar refractivity (Wildman–Crippen MR) is 89.0 cm³/mol. The maximum absolute atomic E-state index is 10.6. The molecule has 120 valence electrons. The molecule has 20 heavy (non-hydrogen) atoms. The van der Waals surface area contributed by atoms with Crippen LogP contribution >= 0.6 is 0 Å². The van der Waals surface area contributed by atoms with Crippen molar-refractivity contribution >= 4 is 0 Å². The van der Waals surface area contributed by atoms with Crippen LogP contribution in [-0.4, -0.2) is 10.7 Å². The van der Waals surface area contributed by atoms with Crippen LogP contribution in [0.3, 0.4) is 0 Å².